The van der Waals surface area contributed by atoms with Crippen LogP contribution >= 0.6 is 0 Å². The van der Waals surface area contributed by atoms with Crippen LogP contribution in [0.25, 0.3) is 28.1 Å². The molecule has 0 saturated heterocycles. The monoisotopic (exact) mass is 379 g/mol. The van der Waals surface area contributed by atoms with Gasteiger partial charge in [0, 0.05) is 24.4 Å². The molecule has 0 atom stereocenters. The van der Waals surface area contributed by atoms with E-state index in [4.69, 9.17) is 19.6 Å². The fraction of sp³-hybridized carbons (Fsp3) is 0.350. The fourth-order valence-electron chi connectivity index (χ4n) is 3.69. The van der Waals surface area contributed by atoms with Crippen molar-refractivity contribution in [3.05, 3.63) is 36.7 Å². The number of nitrogens with two attached hydrogens (primary N) is 1. The van der Waals surface area contributed by atoms with Crippen LogP contribution in [-0.4, -0.2) is 38.8 Å². The molecule has 8 heteroatoms. The SMILES string of the molecule is COc1nccc2oc(-c3cnc4ccc(O[C@H]5CC[C@H](N)CC5)nn34)cc12. The van der Waals surface area contributed by atoms with E-state index in [1.54, 1.807) is 30.1 Å². The van der Waals surface area contributed by atoms with Crippen LogP contribution < -0.4 is 15.2 Å². The summed E-state index contributed by atoms with van der Waals surface area (Å²) in [6.07, 6.45) is 7.42. The summed E-state index contributed by atoms with van der Waals surface area (Å²) in [5.74, 6) is 1.73. The van der Waals surface area contributed by atoms with Crippen LogP contribution in [0.15, 0.2) is 41.1 Å². The lowest BCUT2D eigenvalue weighted by Gasteiger charge is -2.26. The van der Waals surface area contributed by atoms with Crippen molar-refractivity contribution in [1.29, 1.82) is 0 Å². The largest absolute Gasteiger partial charge is 0.480 e. The van der Waals surface area contributed by atoms with Gasteiger partial charge in [-0.2, -0.15) is 0 Å². The minimum absolute atomic E-state index is 0.151. The normalized spacial score (nSPS) is 19.9. The lowest BCUT2D eigenvalue weighted by molar-refractivity contribution is 0.139. The van der Waals surface area contributed by atoms with E-state index >= 15 is 0 Å². The highest BCUT2D eigenvalue weighted by atomic mass is 16.5. The Kier molecular flexibility index (Phi) is 4.12. The van der Waals surface area contributed by atoms with Gasteiger partial charge >= 0.3 is 0 Å². The number of aromatic nitrogens is 4. The molecule has 0 spiro atoms. The van der Waals surface area contributed by atoms with E-state index in [0.29, 0.717) is 23.1 Å². The molecule has 1 aliphatic rings. The summed E-state index contributed by atoms with van der Waals surface area (Å²) >= 11 is 0. The van der Waals surface area contributed by atoms with E-state index in [1.165, 1.54) is 0 Å². The minimum Gasteiger partial charge on any atom is -0.480 e. The topological polar surface area (TPSA) is 101 Å². The molecule has 144 valence electrons. The number of hydrogen-bond donors (Lipinski definition) is 1. The van der Waals surface area contributed by atoms with Crippen molar-refractivity contribution < 1.29 is 13.9 Å². The number of ether oxygens (including phenoxy) is 2. The minimum atomic E-state index is 0.151. The zero-order valence-electron chi connectivity index (χ0n) is 15.5. The van der Waals surface area contributed by atoms with Gasteiger partial charge in [0.05, 0.1) is 18.7 Å². The zero-order valence-corrected chi connectivity index (χ0v) is 15.5. The number of fused-ring (bicyclic) bond motifs is 2. The summed E-state index contributed by atoms with van der Waals surface area (Å²) in [4.78, 5) is 8.64. The number of imidazole rings is 1. The van der Waals surface area contributed by atoms with E-state index in [1.807, 2.05) is 18.2 Å². The average molecular weight is 379 g/mol. The molecule has 28 heavy (non-hydrogen) atoms. The van der Waals surface area contributed by atoms with Crippen LogP contribution in [0.5, 0.6) is 11.8 Å². The summed E-state index contributed by atoms with van der Waals surface area (Å²) in [7, 11) is 1.59. The molecular weight excluding hydrogens is 358 g/mol. The predicted octanol–water partition coefficient (Wildman–Crippen LogP) is 3.19. The standard InChI is InChI=1S/C20H21N5O3/c1-26-20-14-10-17(28-16(14)8-9-22-20)15-11-23-18-6-7-19(24-25(15)18)27-13-4-2-12(21)3-5-13/h6-13H,2-5,21H2,1H3/t12-,13-. The maximum absolute atomic E-state index is 6.09. The number of hydrogen-bond acceptors (Lipinski definition) is 7. The number of methoxy groups -OCH3 is 1. The second-order valence-corrected chi connectivity index (χ2v) is 7.08. The van der Waals surface area contributed by atoms with E-state index in [-0.39, 0.29) is 12.1 Å². The molecule has 4 aromatic heterocycles. The third-order valence-corrected chi connectivity index (χ3v) is 5.20. The first kappa shape index (κ1) is 17.0. The van der Waals surface area contributed by atoms with E-state index in [2.05, 4.69) is 15.1 Å². The Morgan fingerprint density at radius 2 is 2.00 bits per heavy atom. The lowest BCUT2D eigenvalue weighted by atomic mass is 9.94. The smallest absolute Gasteiger partial charge is 0.232 e. The third-order valence-electron chi connectivity index (χ3n) is 5.20. The predicted molar refractivity (Wildman–Crippen MR) is 103 cm³/mol. The Morgan fingerprint density at radius 3 is 2.82 bits per heavy atom. The molecule has 4 heterocycles. The first-order valence-electron chi connectivity index (χ1n) is 9.41. The van der Waals surface area contributed by atoms with Gasteiger partial charge in [-0.3, -0.25) is 0 Å². The van der Waals surface area contributed by atoms with E-state index in [0.717, 1.165) is 42.4 Å². The number of pyridine rings is 1. The Labute approximate surface area is 161 Å². The van der Waals surface area contributed by atoms with Crippen molar-refractivity contribution in [3.8, 4) is 23.2 Å². The van der Waals surface area contributed by atoms with Crippen molar-refractivity contribution in [3.63, 3.8) is 0 Å². The Morgan fingerprint density at radius 1 is 1.14 bits per heavy atom. The summed E-state index contributed by atoms with van der Waals surface area (Å²) < 4.78 is 19.1. The van der Waals surface area contributed by atoms with E-state index in [9.17, 15) is 0 Å². The molecule has 0 aromatic carbocycles. The zero-order chi connectivity index (χ0) is 19.1. The molecular formula is C20H21N5O3. The molecule has 1 fully saturated rings. The Hall–Kier alpha value is -3.13. The molecule has 0 amide bonds. The lowest BCUT2D eigenvalue weighted by Crippen LogP contribution is -2.31. The number of nitrogens with zero attached hydrogens (tertiary/aromatic N) is 4. The van der Waals surface area contributed by atoms with Gasteiger partial charge in [-0.15, -0.1) is 5.10 Å². The van der Waals surface area contributed by atoms with Gasteiger partial charge in [-0.25, -0.2) is 14.5 Å². The van der Waals surface area contributed by atoms with Gasteiger partial charge in [0.2, 0.25) is 11.8 Å². The second kappa shape index (κ2) is 6.79. The first-order valence-corrected chi connectivity index (χ1v) is 9.41. The third kappa shape index (κ3) is 2.95. The Balaban J connectivity index is 1.50. The van der Waals surface area contributed by atoms with Crippen LogP contribution in [0.3, 0.4) is 0 Å². The van der Waals surface area contributed by atoms with Crippen molar-refractivity contribution in [2.45, 2.75) is 37.8 Å². The molecule has 4 aromatic rings. The van der Waals surface area contributed by atoms with Gasteiger partial charge in [0.15, 0.2) is 11.4 Å². The quantitative estimate of drug-likeness (QED) is 0.581. The van der Waals surface area contributed by atoms with Crippen molar-refractivity contribution in [2.75, 3.05) is 7.11 Å². The highest BCUT2D eigenvalue weighted by Crippen LogP contribution is 2.32. The maximum Gasteiger partial charge on any atom is 0.232 e. The highest BCUT2D eigenvalue weighted by Gasteiger charge is 2.21. The van der Waals surface area contributed by atoms with Gasteiger partial charge < -0.3 is 19.6 Å². The molecule has 8 nitrogen and oxygen atoms in total. The molecule has 0 aliphatic heterocycles. The molecule has 0 bridgehead atoms. The molecule has 0 radical (unpaired) electrons. The summed E-state index contributed by atoms with van der Waals surface area (Å²) in [6, 6.07) is 7.73. The van der Waals surface area contributed by atoms with Crippen molar-refractivity contribution in [1.82, 2.24) is 19.6 Å². The van der Waals surface area contributed by atoms with Crippen LogP contribution in [0, 0.1) is 0 Å². The second-order valence-electron chi connectivity index (χ2n) is 7.08. The highest BCUT2D eigenvalue weighted by molar-refractivity contribution is 5.86. The van der Waals surface area contributed by atoms with Gasteiger partial charge in [-0.1, -0.05) is 0 Å². The van der Waals surface area contributed by atoms with Gasteiger partial charge in [-0.05, 0) is 37.8 Å². The Bertz CT molecular complexity index is 1130. The van der Waals surface area contributed by atoms with Crippen LogP contribution in [0.4, 0.5) is 0 Å². The van der Waals surface area contributed by atoms with Crippen LogP contribution in [0.1, 0.15) is 25.7 Å². The summed E-state index contributed by atoms with van der Waals surface area (Å²) in [6.45, 7) is 0. The molecule has 5 rings (SSSR count). The fourth-order valence-corrected chi connectivity index (χ4v) is 3.69. The number of furan rings is 1. The van der Waals surface area contributed by atoms with Crippen molar-refractivity contribution in [2.24, 2.45) is 5.73 Å². The molecule has 2 N–H and O–H groups in total. The van der Waals surface area contributed by atoms with Gasteiger partial charge in [0.25, 0.3) is 0 Å². The van der Waals surface area contributed by atoms with Crippen LogP contribution in [0.2, 0.25) is 0 Å². The average Bonchev–Trinajstić information content (AvgIpc) is 3.33. The van der Waals surface area contributed by atoms with Gasteiger partial charge in [0.1, 0.15) is 17.4 Å². The van der Waals surface area contributed by atoms with E-state index < -0.39 is 0 Å². The summed E-state index contributed by atoms with van der Waals surface area (Å²) in [5.41, 5.74) is 8.14. The summed E-state index contributed by atoms with van der Waals surface area (Å²) in [5, 5.41) is 5.44. The first-order chi connectivity index (χ1) is 13.7. The van der Waals surface area contributed by atoms with Crippen molar-refractivity contribution >= 4 is 16.6 Å². The number of rotatable bonds is 4. The van der Waals surface area contributed by atoms with Crippen LogP contribution in [-0.2, 0) is 0 Å². The maximum atomic E-state index is 6.09. The molecule has 1 saturated carbocycles. The molecule has 0 unspecified atom stereocenters. The molecule has 1 aliphatic carbocycles.